The second-order valence-corrected chi connectivity index (χ2v) is 10.8. The molecule has 9 heteroatoms. The van der Waals surface area contributed by atoms with Crippen molar-refractivity contribution in [2.45, 2.75) is 57.2 Å². The Labute approximate surface area is 205 Å². The minimum Gasteiger partial charge on any atom is -0.457 e. The molecule has 1 aromatic rings. The van der Waals surface area contributed by atoms with Gasteiger partial charge in [0.05, 0.1) is 12.4 Å². The molecule has 0 amide bonds. The summed E-state index contributed by atoms with van der Waals surface area (Å²) in [7, 11) is 0. The van der Waals surface area contributed by atoms with Crippen molar-refractivity contribution in [1.29, 1.82) is 0 Å². The number of hydrogen-bond acceptors (Lipinski definition) is 6. The second-order valence-electron chi connectivity index (χ2n) is 10.5. The van der Waals surface area contributed by atoms with Crippen molar-refractivity contribution in [1.82, 2.24) is 0 Å². The molecule has 2 fully saturated rings. The maximum Gasteiger partial charge on any atom is 0.375 e. The molecule has 0 saturated heterocycles. The molecule has 0 radical (unpaired) electrons. The topological polar surface area (TPSA) is 76.7 Å². The van der Waals surface area contributed by atoms with Gasteiger partial charge >= 0.3 is 5.97 Å². The predicted octanol–water partition coefficient (Wildman–Crippen LogP) is 4.96. The lowest BCUT2D eigenvalue weighted by Crippen LogP contribution is -2.70. The lowest BCUT2D eigenvalue weighted by molar-refractivity contribution is -0.209. The van der Waals surface area contributed by atoms with E-state index >= 15 is 13.2 Å². The molecule has 0 spiro atoms. The lowest BCUT2D eigenvalue weighted by Gasteiger charge is -2.63. The largest absolute Gasteiger partial charge is 0.457 e. The number of aliphatic hydroxyl groups excluding tert-OH is 1. The van der Waals surface area contributed by atoms with Gasteiger partial charge in [-0.25, -0.2) is 13.6 Å². The summed E-state index contributed by atoms with van der Waals surface area (Å²) in [6.07, 6.45) is 2.47. The molecule has 5 rings (SSSR count). The molecule has 0 aliphatic heterocycles. The third-order valence-electron chi connectivity index (χ3n) is 8.92. The number of esters is 1. The Morgan fingerprint density at radius 2 is 2.06 bits per heavy atom. The van der Waals surface area contributed by atoms with E-state index in [1.807, 2.05) is 0 Å². The van der Waals surface area contributed by atoms with Gasteiger partial charge in [0.2, 0.25) is 16.5 Å². The molecule has 186 valence electrons. The number of rotatable bonds is 3. The van der Waals surface area contributed by atoms with E-state index in [1.54, 1.807) is 13.0 Å². The lowest BCUT2D eigenvalue weighted by atomic mass is 9.44. The summed E-state index contributed by atoms with van der Waals surface area (Å²) in [5, 5.41) is 10.2. The fourth-order valence-electron chi connectivity index (χ4n) is 7.22. The molecule has 8 atom stereocenters. The molecular formula is C26H25F3O5S. The van der Waals surface area contributed by atoms with Crippen LogP contribution in [0.2, 0.25) is 0 Å². The van der Waals surface area contributed by atoms with Crippen molar-refractivity contribution in [3.63, 3.8) is 0 Å². The van der Waals surface area contributed by atoms with E-state index in [0.29, 0.717) is 0 Å². The Morgan fingerprint density at radius 1 is 1.34 bits per heavy atom. The summed E-state index contributed by atoms with van der Waals surface area (Å²) in [5.74, 6) is -3.51. The van der Waals surface area contributed by atoms with Gasteiger partial charge in [-0.3, -0.25) is 4.79 Å². The highest BCUT2D eigenvalue weighted by molar-refractivity contribution is 7.80. The number of allylic oxidation sites excluding steroid dienone is 5. The highest BCUT2D eigenvalue weighted by atomic mass is 32.1. The Bertz CT molecular complexity index is 1220. The molecule has 4 aliphatic carbocycles. The van der Waals surface area contributed by atoms with Crippen LogP contribution in [-0.4, -0.2) is 45.5 Å². The number of carbonyl (C=O) groups excluding carboxylic acids is 2. The van der Waals surface area contributed by atoms with Crippen molar-refractivity contribution in [2.75, 3.05) is 0 Å². The van der Waals surface area contributed by atoms with E-state index in [4.69, 9.17) is 21.4 Å². The van der Waals surface area contributed by atoms with Gasteiger partial charge in [-0.05, 0) is 80.3 Å². The Morgan fingerprint density at radius 3 is 2.69 bits per heavy atom. The number of thiocarbonyl (C=S) groups is 1. The number of fused-ring (bicyclic) bond motifs is 5. The van der Waals surface area contributed by atoms with Gasteiger partial charge in [0.25, 0.3) is 0 Å². The third-order valence-corrected chi connectivity index (χ3v) is 9.21. The average Bonchev–Trinajstić information content (AvgIpc) is 3.39. The molecule has 3 unspecified atom stereocenters. The van der Waals surface area contributed by atoms with E-state index < -0.39 is 63.1 Å². The first-order chi connectivity index (χ1) is 16.3. The molecule has 4 aliphatic rings. The minimum atomic E-state index is -2.36. The first-order valence-corrected chi connectivity index (χ1v) is 11.9. The second kappa shape index (κ2) is 7.49. The zero-order valence-corrected chi connectivity index (χ0v) is 20.2. The maximum atomic E-state index is 17.2. The number of alkyl halides is 2. The molecule has 2 saturated carbocycles. The van der Waals surface area contributed by atoms with Crippen LogP contribution in [-0.2, 0) is 9.53 Å². The maximum absolute atomic E-state index is 17.2. The fraction of sp³-hybridized carbons (Fsp3) is 0.500. The number of ketones is 1. The highest BCUT2D eigenvalue weighted by Crippen LogP contribution is 2.70. The van der Waals surface area contributed by atoms with E-state index in [1.165, 1.54) is 44.4 Å². The zero-order valence-electron chi connectivity index (χ0n) is 19.4. The normalized spacial score (nSPS) is 44.0. The zero-order chi connectivity index (χ0) is 25.6. The van der Waals surface area contributed by atoms with E-state index in [2.05, 4.69) is 0 Å². The Kier molecular flexibility index (Phi) is 5.18. The molecular weight excluding hydrogens is 481 g/mol. The number of hydrogen-bond donors (Lipinski definition) is 1. The SMILES string of the molecule is CC1=C[C@H]2[C@@H]3CC(F)C4=CC(=O)C=C[C@]4(C)[C@@]3(F)C(O)C[C@]2(C)C1(OC(=O)c1ccco1)C(F)=S. The molecule has 5 nitrogen and oxygen atoms in total. The van der Waals surface area contributed by atoms with Crippen LogP contribution in [0.15, 0.2) is 58.3 Å². The van der Waals surface area contributed by atoms with Crippen molar-refractivity contribution < 1.29 is 37.0 Å². The molecule has 0 bridgehead atoms. The van der Waals surface area contributed by atoms with Crippen LogP contribution >= 0.6 is 12.2 Å². The van der Waals surface area contributed by atoms with Gasteiger partial charge in [-0.2, -0.15) is 4.39 Å². The fourth-order valence-corrected chi connectivity index (χ4v) is 7.65. The summed E-state index contributed by atoms with van der Waals surface area (Å²) >= 11 is 4.97. The number of aliphatic hydroxyl groups is 1. The first kappa shape index (κ1) is 24.2. The van der Waals surface area contributed by atoms with Crippen molar-refractivity contribution >= 4 is 29.1 Å². The van der Waals surface area contributed by atoms with Crippen LogP contribution in [0.1, 0.15) is 44.2 Å². The summed E-state index contributed by atoms with van der Waals surface area (Å²) in [4.78, 5) is 24.8. The third kappa shape index (κ3) is 2.82. The minimum absolute atomic E-state index is 0.0124. The van der Waals surface area contributed by atoms with Gasteiger partial charge in [-0.15, -0.1) is 0 Å². The number of furan rings is 1. The van der Waals surface area contributed by atoms with Crippen molar-refractivity contribution in [2.24, 2.45) is 22.7 Å². The molecule has 0 aromatic carbocycles. The molecule has 1 N–H and O–H groups in total. The molecule has 35 heavy (non-hydrogen) atoms. The average molecular weight is 507 g/mol. The van der Waals surface area contributed by atoms with E-state index in [-0.39, 0.29) is 29.7 Å². The van der Waals surface area contributed by atoms with Crippen LogP contribution in [0, 0.1) is 22.7 Å². The van der Waals surface area contributed by atoms with Crippen LogP contribution in [0.25, 0.3) is 0 Å². The van der Waals surface area contributed by atoms with Gasteiger partial charge in [0, 0.05) is 16.7 Å². The van der Waals surface area contributed by atoms with E-state index in [0.717, 1.165) is 6.08 Å². The van der Waals surface area contributed by atoms with Crippen molar-refractivity contribution in [3.8, 4) is 0 Å². The Hall–Kier alpha value is -2.52. The van der Waals surface area contributed by atoms with Crippen LogP contribution < -0.4 is 0 Å². The standard InChI is InChI=1S/C26H25F3O5S/c1-13-9-15-16-11-18(27)17-10-14(30)6-7-23(17,2)25(16,29)20(31)12-24(15,3)26(13,22(28)35)34-21(32)19-5-4-8-33-19/h4-10,15-16,18,20,31H,11-12H2,1-3H3/t15-,16-,18?,20?,23-,24-,25-,26?/m0/s1. The summed E-state index contributed by atoms with van der Waals surface area (Å²) in [6.45, 7) is 4.58. The van der Waals surface area contributed by atoms with Gasteiger partial charge < -0.3 is 14.3 Å². The Balaban J connectivity index is 1.64. The van der Waals surface area contributed by atoms with Crippen LogP contribution in [0.5, 0.6) is 0 Å². The summed E-state index contributed by atoms with van der Waals surface area (Å²) in [6, 6.07) is 2.83. The van der Waals surface area contributed by atoms with Gasteiger partial charge in [0.15, 0.2) is 11.5 Å². The smallest absolute Gasteiger partial charge is 0.375 e. The number of carbonyl (C=O) groups is 2. The van der Waals surface area contributed by atoms with Crippen LogP contribution in [0.3, 0.4) is 0 Å². The number of halogens is 3. The monoisotopic (exact) mass is 506 g/mol. The number of ether oxygens (including phenoxy) is 1. The first-order valence-electron chi connectivity index (χ1n) is 11.4. The van der Waals surface area contributed by atoms with Crippen LogP contribution in [0.4, 0.5) is 13.2 Å². The molecule has 1 aromatic heterocycles. The van der Waals surface area contributed by atoms with Crippen molar-refractivity contribution in [3.05, 3.63) is 59.6 Å². The summed E-state index contributed by atoms with van der Waals surface area (Å²) in [5.41, 5.74) is -7.21. The quantitative estimate of drug-likeness (QED) is 0.270. The predicted molar refractivity (Wildman–Crippen MR) is 124 cm³/mol. The van der Waals surface area contributed by atoms with Gasteiger partial charge in [0.1, 0.15) is 6.17 Å². The molecule has 1 heterocycles. The highest BCUT2D eigenvalue weighted by Gasteiger charge is 2.76. The van der Waals surface area contributed by atoms with E-state index in [9.17, 15) is 14.7 Å². The summed E-state index contributed by atoms with van der Waals surface area (Å²) < 4.78 is 58.8. The van der Waals surface area contributed by atoms with Gasteiger partial charge in [-0.1, -0.05) is 19.1 Å².